The number of hydrogen-bond donors (Lipinski definition) is 0. The van der Waals surface area contributed by atoms with E-state index in [1.807, 2.05) is 26.0 Å². The van der Waals surface area contributed by atoms with Crippen LogP contribution in [0.25, 0.3) is 10.8 Å². The average Bonchev–Trinajstić information content (AvgIpc) is 2.48. The molecule has 0 atom stereocenters. The van der Waals surface area contributed by atoms with Gasteiger partial charge in [0.15, 0.2) is 0 Å². The van der Waals surface area contributed by atoms with Crippen LogP contribution in [0.3, 0.4) is 0 Å². The molecule has 3 heteroatoms. The third-order valence-corrected chi connectivity index (χ3v) is 3.76. The van der Waals surface area contributed by atoms with Crippen LogP contribution in [-0.4, -0.2) is 18.6 Å². The predicted octanol–water partition coefficient (Wildman–Crippen LogP) is 5.72. The molecule has 0 N–H and O–H groups in total. The Morgan fingerprint density at radius 3 is 2.45 bits per heavy atom. The van der Waals surface area contributed by atoms with Gasteiger partial charge in [0.1, 0.15) is 11.5 Å². The number of benzene rings is 2. The molecule has 0 spiro atoms. The third kappa shape index (κ3) is 4.54. The molecule has 120 valence electrons. The Bertz CT molecular complexity index is 608. The number of fused-ring (bicyclic) bond motifs is 1. The van der Waals surface area contributed by atoms with E-state index in [0.717, 1.165) is 54.0 Å². The highest BCUT2D eigenvalue weighted by atomic mass is 35.5. The van der Waals surface area contributed by atoms with Gasteiger partial charge in [-0.25, -0.2) is 0 Å². The van der Waals surface area contributed by atoms with Crippen molar-refractivity contribution in [2.45, 2.75) is 46.1 Å². The number of rotatable bonds is 8. The van der Waals surface area contributed by atoms with Gasteiger partial charge in [-0.3, -0.25) is 0 Å². The van der Waals surface area contributed by atoms with Gasteiger partial charge in [-0.15, -0.1) is 11.6 Å². The molecule has 0 radical (unpaired) electrons. The molecule has 2 rings (SSSR count). The zero-order chi connectivity index (χ0) is 15.9. The lowest BCUT2D eigenvalue weighted by atomic mass is 10.1. The smallest absolute Gasteiger partial charge is 0.127 e. The highest BCUT2D eigenvalue weighted by molar-refractivity contribution is 6.17. The molecule has 2 aromatic rings. The number of ether oxygens (including phenoxy) is 2. The summed E-state index contributed by atoms with van der Waals surface area (Å²) in [6.07, 6.45) is 3.34. The zero-order valence-electron chi connectivity index (χ0n) is 13.7. The molecule has 0 bridgehead atoms. The summed E-state index contributed by atoms with van der Waals surface area (Å²) in [7, 11) is 0. The minimum atomic E-state index is 0.159. The maximum Gasteiger partial charge on any atom is 0.127 e. The predicted molar refractivity (Wildman–Crippen MR) is 94.5 cm³/mol. The summed E-state index contributed by atoms with van der Waals surface area (Å²) in [4.78, 5) is 0. The van der Waals surface area contributed by atoms with Crippen LogP contribution < -0.4 is 9.47 Å². The summed E-state index contributed by atoms with van der Waals surface area (Å²) >= 11 is 5.70. The Morgan fingerprint density at radius 2 is 1.73 bits per heavy atom. The lowest BCUT2D eigenvalue weighted by molar-refractivity contribution is 0.245. The highest BCUT2D eigenvalue weighted by Gasteiger charge is 2.09. The molecule has 0 aliphatic rings. The third-order valence-electron chi connectivity index (χ3n) is 3.49. The SMILES string of the molecule is Cc1ccc2c(OC(C)C)ccc(OCCCCCCl)c2c1. The minimum Gasteiger partial charge on any atom is -0.493 e. The first-order chi connectivity index (χ1) is 10.6. The fourth-order valence-corrected chi connectivity index (χ4v) is 2.63. The van der Waals surface area contributed by atoms with E-state index >= 15 is 0 Å². The number of unbranched alkanes of at least 4 members (excludes halogenated alkanes) is 2. The molecule has 0 aliphatic heterocycles. The second-order valence-corrected chi connectivity index (χ2v) is 6.25. The second kappa shape index (κ2) is 8.28. The van der Waals surface area contributed by atoms with E-state index < -0.39 is 0 Å². The first-order valence-electron chi connectivity index (χ1n) is 8.00. The van der Waals surface area contributed by atoms with E-state index in [1.165, 1.54) is 5.56 Å². The summed E-state index contributed by atoms with van der Waals surface area (Å²) in [6, 6.07) is 10.4. The minimum absolute atomic E-state index is 0.159. The van der Waals surface area contributed by atoms with Crippen LogP contribution in [0, 0.1) is 6.92 Å². The van der Waals surface area contributed by atoms with Gasteiger partial charge in [-0.1, -0.05) is 17.7 Å². The van der Waals surface area contributed by atoms with Crippen molar-refractivity contribution in [2.75, 3.05) is 12.5 Å². The van der Waals surface area contributed by atoms with E-state index in [1.54, 1.807) is 0 Å². The topological polar surface area (TPSA) is 18.5 Å². The van der Waals surface area contributed by atoms with E-state index in [2.05, 4.69) is 25.1 Å². The molecule has 0 aliphatic carbocycles. The summed E-state index contributed by atoms with van der Waals surface area (Å²) < 4.78 is 11.9. The summed E-state index contributed by atoms with van der Waals surface area (Å²) in [5, 5.41) is 2.23. The van der Waals surface area contributed by atoms with Crippen molar-refractivity contribution < 1.29 is 9.47 Å². The monoisotopic (exact) mass is 320 g/mol. The Morgan fingerprint density at radius 1 is 0.955 bits per heavy atom. The fourth-order valence-electron chi connectivity index (χ4n) is 2.45. The largest absolute Gasteiger partial charge is 0.493 e. The summed E-state index contributed by atoms with van der Waals surface area (Å²) in [5.74, 6) is 2.57. The standard InChI is InChI=1S/C19H25ClO2/c1-14(2)22-19-10-9-18(21-12-6-4-5-11-20)17-13-15(3)7-8-16(17)19/h7-10,13-14H,4-6,11-12H2,1-3H3. The molecular weight excluding hydrogens is 296 g/mol. The number of hydrogen-bond acceptors (Lipinski definition) is 2. The van der Waals surface area contributed by atoms with Gasteiger partial charge < -0.3 is 9.47 Å². The molecule has 0 aromatic heterocycles. The Labute approximate surface area is 138 Å². The van der Waals surface area contributed by atoms with E-state index in [4.69, 9.17) is 21.1 Å². The zero-order valence-corrected chi connectivity index (χ0v) is 14.5. The number of aryl methyl sites for hydroxylation is 1. The van der Waals surface area contributed by atoms with E-state index in [-0.39, 0.29) is 6.10 Å². The Hall–Kier alpha value is -1.41. The number of alkyl halides is 1. The van der Waals surface area contributed by atoms with Crippen molar-refractivity contribution in [3.63, 3.8) is 0 Å². The van der Waals surface area contributed by atoms with Gasteiger partial charge in [0.05, 0.1) is 12.7 Å². The second-order valence-electron chi connectivity index (χ2n) is 5.88. The van der Waals surface area contributed by atoms with Gasteiger partial charge in [0.2, 0.25) is 0 Å². The first kappa shape index (κ1) is 17.0. The molecule has 0 heterocycles. The molecule has 2 nitrogen and oxygen atoms in total. The van der Waals surface area contributed by atoms with Crippen molar-refractivity contribution in [3.05, 3.63) is 35.9 Å². The van der Waals surface area contributed by atoms with E-state index in [9.17, 15) is 0 Å². The number of halogens is 1. The molecule has 22 heavy (non-hydrogen) atoms. The van der Waals surface area contributed by atoms with Gasteiger partial charge in [-0.05, 0) is 58.2 Å². The van der Waals surface area contributed by atoms with Gasteiger partial charge >= 0.3 is 0 Å². The van der Waals surface area contributed by atoms with Crippen LogP contribution in [0.4, 0.5) is 0 Å². The summed E-state index contributed by atoms with van der Waals surface area (Å²) in [5.41, 5.74) is 1.22. The average molecular weight is 321 g/mol. The van der Waals surface area contributed by atoms with Gasteiger partial charge in [0, 0.05) is 16.7 Å². The van der Waals surface area contributed by atoms with Crippen LogP contribution in [0.5, 0.6) is 11.5 Å². The van der Waals surface area contributed by atoms with Crippen LogP contribution in [0.2, 0.25) is 0 Å². The molecule has 0 saturated carbocycles. The molecular formula is C19H25ClO2. The lowest BCUT2D eigenvalue weighted by Gasteiger charge is -2.16. The van der Waals surface area contributed by atoms with Crippen molar-refractivity contribution in [3.8, 4) is 11.5 Å². The van der Waals surface area contributed by atoms with Crippen molar-refractivity contribution in [1.29, 1.82) is 0 Å². The molecule has 2 aromatic carbocycles. The Kier molecular flexibility index (Phi) is 6.38. The van der Waals surface area contributed by atoms with Crippen LogP contribution in [0.15, 0.2) is 30.3 Å². The molecule has 0 fully saturated rings. The normalized spacial score (nSPS) is 11.1. The molecule has 0 amide bonds. The van der Waals surface area contributed by atoms with Crippen molar-refractivity contribution >= 4 is 22.4 Å². The highest BCUT2D eigenvalue weighted by Crippen LogP contribution is 2.34. The van der Waals surface area contributed by atoms with Crippen LogP contribution >= 0.6 is 11.6 Å². The van der Waals surface area contributed by atoms with Gasteiger partial charge in [0.25, 0.3) is 0 Å². The van der Waals surface area contributed by atoms with Crippen molar-refractivity contribution in [2.24, 2.45) is 0 Å². The van der Waals surface area contributed by atoms with Crippen molar-refractivity contribution in [1.82, 2.24) is 0 Å². The molecule has 0 unspecified atom stereocenters. The van der Waals surface area contributed by atoms with Crippen LogP contribution in [-0.2, 0) is 0 Å². The quantitative estimate of drug-likeness (QED) is 0.457. The van der Waals surface area contributed by atoms with Crippen LogP contribution in [0.1, 0.15) is 38.7 Å². The first-order valence-corrected chi connectivity index (χ1v) is 8.54. The maximum absolute atomic E-state index is 5.98. The van der Waals surface area contributed by atoms with E-state index in [0.29, 0.717) is 0 Å². The Balaban J connectivity index is 2.21. The lowest BCUT2D eigenvalue weighted by Crippen LogP contribution is -2.06. The molecule has 0 saturated heterocycles. The maximum atomic E-state index is 5.98. The summed E-state index contributed by atoms with van der Waals surface area (Å²) in [6.45, 7) is 6.91. The fraction of sp³-hybridized carbons (Fsp3) is 0.474. The van der Waals surface area contributed by atoms with Gasteiger partial charge in [-0.2, -0.15) is 0 Å².